The Bertz CT molecular complexity index is 963. The molecule has 0 saturated carbocycles. The summed E-state index contributed by atoms with van der Waals surface area (Å²) in [6.45, 7) is 4.96. The van der Waals surface area contributed by atoms with Crippen molar-refractivity contribution in [3.8, 4) is 10.4 Å². The lowest BCUT2D eigenvalue weighted by Crippen LogP contribution is -2.36. The van der Waals surface area contributed by atoms with E-state index in [4.69, 9.17) is 10.5 Å². The van der Waals surface area contributed by atoms with Gasteiger partial charge in [0.2, 0.25) is 0 Å². The highest BCUT2D eigenvalue weighted by atomic mass is 32.1. The van der Waals surface area contributed by atoms with Crippen molar-refractivity contribution in [1.82, 2.24) is 4.98 Å². The number of ketones is 1. The van der Waals surface area contributed by atoms with E-state index in [1.807, 2.05) is 49.4 Å². The number of carbonyl (C=O) groups is 1. The van der Waals surface area contributed by atoms with Crippen LogP contribution >= 0.6 is 11.3 Å². The van der Waals surface area contributed by atoms with E-state index in [1.165, 1.54) is 11.3 Å². The van der Waals surface area contributed by atoms with Crippen LogP contribution in [0.2, 0.25) is 0 Å². The van der Waals surface area contributed by atoms with E-state index in [1.54, 1.807) is 0 Å². The number of hydrogen-bond acceptors (Lipinski definition) is 6. The lowest BCUT2D eigenvalue weighted by Gasteiger charge is -2.29. The van der Waals surface area contributed by atoms with E-state index < -0.39 is 0 Å². The Kier molecular flexibility index (Phi) is 4.92. The Hall–Kier alpha value is -2.70. The number of rotatable bonds is 4. The van der Waals surface area contributed by atoms with Crippen LogP contribution in [-0.2, 0) is 4.74 Å². The summed E-state index contributed by atoms with van der Waals surface area (Å²) in [6.07, 6.45) is 0. The van der Waals surface area contributed by atoms with Gasteiger partial charge >= 0.3 is 0 Å². The molecule has 1 aliphatic heterocycles. The molecule has 2 N–H and O–H groups in total. The molecule has 1 aliphatic rings. The van der Waals surface area contributed by atoms with E-state index in [9.17, 15) is 4.79 Å². The van der Waals surface area contributed by atoms with Gasteiger partial charge < -0.3 is 15.4 Å². The molecule has 4 rings (SSSR count). The summed E-state index contributed by atoms with van der Waals surface area (Å²) in [6, 6.07) is 15.4. The van der Waals surface area contributed by atoms with Crippen LogP contribution in [0.1, 0.15) is 21.6 Å². The zero-order chi connectivity index (χ0) is 18.8. The Morgan fingerprint density at radius 1 is 1.11 bits per heavy atom. The number of ether oxygens (including phenoxy) is 1. The van der Waals surface area contributed by atoms with Crippen molar-refractivity contribution in [2.24, 2.45) is 0 Å². The number of nitrogen functional groups attached to an aromatic ring is 1. The monoisotopic (exact) mass is 379 g/mol. The third kappa shape index (κ3) is 3.72. The first kappa shape index (κ1) is 17.7. The predicted octanol–water partition coefficient (Wildman–Crippen LogP) is 3.77. The molecule has 5 nitrogen and oxygen atoms in total. The van der Waals surface area contributed by atoms with Gasteiger partial charge in [-0.2, -0.15) is 0 Å². The third-order valence-electron chi connectivity index (χ3n) is 4.67. The second-order valence-corrected chi connectivity index (χ2v) is 7.56. The van der Waals surface area contributed by atoms with Crippen molar-refractivity contribution in [1.29, 1.82) is 0 Å². The number of anilines is 2. The average Bonchev–Trinajstić information content (AvgIpc) is 3.06. The van der Waals surface area contributed by atoms with Gasteiger partial charge in [-0.05, 0) is 30.7 Å². The van der Waals surface area contributed by atoms with Crippen LogP contribution in [-0.4, -0.2) is 37.1 Å². The minimum absolute atomic E-state index is 0.0158. The topological polar surface area (TPSA) is 68.5 Å². The smallest absolute Gasteiger partial charge is 0.193 e. The van der Waals surface area contributed by atoms with Crippen molar-refractivity contribution in [3.05, 3.63) is 65.4 Å². The van der Waals surface area contributed by atoms with Crippen LogP contribution in [0.15, 0.2) is 48.5 Å². The van der Waals surface area contributed by atoms with E-state index >= 15 is 0 Å². The molecule has 0 atom stereocenters. The maximum absolute atomic E-state index is 13.1. The molecule has 27 heavy (non-hydrogen) atoms. The summed E-state index contributed by atoms with van der Waals surface area (Å²) in [7, 11) is 0. The van der Waals surface area contributed by atoms with Crippen molar-refractivity contribution in [3.63, 3.8) is 0 Å². The Balaban J connectivity index is 1.81. The molecule has 1 aromatic heterocycles. The van der Waals surface area contributed by atoms with Crippen molar-refractivity contribution in [2.45, 2.75) is 6.92 Å². The molecule has 6 heteroatoms. The van der Waals surface area contributed by atoms with Gasteiger partial charge in [-0.1, -0.05) is 41.7 Å². The fourth-order valence-corrected chi connectivity index (χ4v) is 4.14. The fourth-order valence-electron chi connectivity index (χ4n) is 3.32. The number of morpholine rings is 1. The highest BCUT2D eigenvalue weighted by Crippen LogP contribution is 2.35. The van der Waals surface area contributed by atoms with Gasteiger partial charge in [-0.3, -0.25) is 4.79 Å². The number of nitrogens with two attached hydrogens (primary N) is 1. The Morgan fingerprint density at radius 3 is 2.52 bits per heavy atom. The molecular weight excluding hydrogens is 358 g/mol. The van der Waals surface area contributed by atoms with Gasteiger partial charge in [0.1, 0.15) is 0 Å². The minimum Gasteiger partial charge on any atom is -0.378 e. The third-order valence-corrected chi connectivity index (χ3v) is 5.70. The number of thiazole rings is 1. The van der Waals surface area contributed by atoms with Crippen LogP contribution < -0.4 is 10.6 Å². The summed E-state index contributed by atoms with van der Waals surface area (Å²) in [5, 5.41) is 0.537. The second kappa shape index (κ2) is 7.50. The maximum Gasteiger partial charge on any atom is 0.193 e. The SMILES string of the molecule is Cc1nc(N)sc1-c1cc(C(=O)c2ccccc2)cc(N2CCOCC2)c1. The van der Waals surface area contributed by atoms with Gasteiger partial charge in [-0.25, -0.2) is 4.98 Å². The summed E-state index contributed by atoms with van der Waals surface area (Å²) < 4.78 is 5.47. The Morgan fingerprint density at radius 2 is 1.85 bits per heavy atom. The molecule has 3 aromatic rings. The molecule has 0 bridgehead atoms. The number of nitrogens with zero attached hydrogens (tertiary/aromatic N) is 2. The number of aryl methyl sites for hydroxylation is 1. The molecule has 0 spiro atoms. The van der Waals surface area contributed by atoms with Crippen molar-refractivity contribution >= 4 is 27.9 Å². The Labute approximate surface area is 162 Å². The van der Waals surface area contributed by atoms with Gasteiger partial charge in [0.05, 0.1) is 23.8 Å². The van der Waals surface area contributed by atoms with Crippen LogP contribution in [0, 0.1) is 6.92 Å². The van der Waals surface area contributed by atoms with Crippen LogP contribution in [0.3, 0.4) is 0 Å². The van der Waals surface area contributed by atoms with Crippen molar-refractivity contribution < 1.29 is 9.53 Å². The highest BCUT2D eigenvalue weighted by Gasteiger charge is 2.18. The lowest BCUT2D eigenvalue weighted by atomic mass is 9.99. The first-order chi connectivity index (χ1) is 13.1. The molecule has 138 valence electrons. The average molecular weight is 379 g/mol. The standard InChI is InChI=1S/C21H21N3O2S/c1-14-20(27-21(22)23-14)17-11-16(19(25)15-5-3-2-4-6-15)12-18(13-17)24-7-9-26-10-8-24/h2-6,11-13H,7-10H2,1H3,(H2,22,23). The van der Waals surface area contributed by atoms with Gasteiger partial charge in [-0.15, -0.1) is 0 Å². The zero-order valence-corrected chi connectivity index (χ0v) is 16.0. The summed E-state index contributed by atoms with van der Waals surface area (Å²) in [4.78, 5) is 20.7. The first-order valence-corrected chi connectivity index (χ1v) is 9.74. The highest BCUT2D eigenvalue weighted by molar-refractivity contribution is 7.18. The van der Waals surface area contributed by atoms with Gasteiger partial charge in [0.25, 0.3) is 0 Å². The number of benzene rings is 2. The van der Waals surface area contributed by atoms with Gasteiger partial charge in [0.15, 0.2) is 10.9 Å². The molecule has 0 amide bonds. The molecule has 2 heterocycles. The molecule has 2 aromatic carbocycles. The summed E-state index contributed by atoms with van der Waals surface area (Å²) in [5.74, 6) is 0.0158. The molecule has 0 radical (unpaired) electrons. The van der Waals surface area contributed by atoms with Crippen LogP contribution in [0.25, 0.3) is 10.4 Å². The molecule has 1 fully saturated rings. The number of carbonyl (C=O) groups excluding carboxylic acids is 1. The van der Waals surface area contributed by atoms with E-state index in [0.717, 1.165) is 34.9 Å². The van der Waals surface area contributed by atoms with E-state index in [0.29, 0.717) is 29.5 Å². The molecular formula is C21H21N3O2S. The molecule has 0 unspecified atom stereocenters. The van der Waals surface area contributed by atoms with E-state index in [-0.39, 0.29) is 5.78 Å². The molecule has 1 saturated heterocycles. The first-order valence-electron chi connectivity index (χ1n) is 8.92. The van der Waals surface area contributed by atoms with Gasteiger partial charge in [0, 0.05) is 29.9 Å². The largest absolute Gasteiger partial charge is 0.378 e. The lowest BCUT2D eigenvalue weighted by molar-refractivity contribution is 0.103. The predicted molar refractivity (Wildman–Crippen MR) is 110 cm³/mol. The number of hydrogen-bond donors (Lipinski definition) is 1. The quantitative estimate of drug-likeness (QED) is 0.699. The van der Waals surface area contributed by atoms with Crippen LogP contribution in [0.5, 0.6) is 0 Å². The van der Waals surface area contributed by atoms with Crippen LogP contribution in [0.4, 0.5) is 10.8 Å². The van der Waals surface area contributed by atoms with E-state index in [2.05, 4.69) is 16.0 Å². The normalized spacial score (nSPS) is 14.3. The fraction of sp³-hybridized carbons (Fsp3) is 0.238. The second-order valence-electron chi connectivity index (χ2n) is 6.53. The minimum atomic E-state index is 0.0158. The maximum atomic E-state index is 13.1. The zero-order valence-electron chi connectivity index (χ0n) is 15.1. The molecule has 0 aliphatic carbocycles. The number of aromatic nitrogens is 1. The van der Waals surface area contributed by atoms with Crippen molar-refractivity contribution in [2.75, 3.05) is 36.9 Å². The summed E-state index contributed by atoms with van der Waals surface area (Å²) >= 11 is 1.45. The summed E-state index contributed by atoms with van der Waals surface area (Å²) in [5.41, 5.74) is 10.1.